The Kier molecular flexibility index (Phi) is 11.0. The first-order chi connectivity index (χ1) is 16.7. The van der Waals surface area contributed by atoms with Crippen molar-refractivity contribution in [3.05, 3.63) is 60.2 Å². The Balaban J connectivity index is 2.11. The number of ether oxygens (including phenoxy) is 1. The van der Waals surface area contributed by atoms with Gasteiger partial charge in [-0.05, 0) is 56.5 Å². The van der Waals surface area contributed by atoms with Gasteiger partial charge >= 0.3 is 0 Å². The molecule has 2 aromatic rings. The maximum atomic E-state index is 13.2. The molecular weight excluding hydrogens is 466 g/mol. The highest BCUT2D eigenvalue weighted by molar-refractivity contribution is 7.92. The third-order valence-electron chi connectivity index (χ3n) is 5.50. The lowest BCUT2D eigenvalue weighted by Gasteiger charge is -2.29. The summed E-state index contributed by atoms with van der Waals surface area (Å²) < 4.78 is 31.6. The third kappa shape index (κ3) is 8.90. The second kappa shape index (κ2) is 13.7. The SMILES string of the molecule is CCCNC(=O)[C@@H](C)N(Cc1ccccc1)C(=O)CCCN(c1ccc(OCC)cc1)S(C)(=O)=O. The van der Waals surface area contributed by atoms with Crippen LogP contribution in [0.5, 0.6) is 5.75 Å². The number of sulfonamides is 1. The fourth-order valence-corrected chi connectivity index (χ4v) is 4.60. The van der Waals surface area contributed by atoms with Crippen molar-refractivity contribution in [3.63, 3.8) is 0 Å². The highest BCUT2D eigenvalue weighted by atomic mass is 32.2. The largest absolute Gasteiger partial charge is 0.494 e. The summed E-state index contributed by atoms with van der Waals surface area (Å²) in [6.07, 6.45) is 2.38. The van der Waals surface area contributed by atoms with Gasteiger partial charge in [-0.15, -0.1) is 0 Å². The molecule has 1 N–H and O–H groups in total. The zero-order valence-electron chi connectivity index (χ0n) is 21.1. The number of carbonyl (C=O) groups excluding carboxylic acids is 2. The second-order valence-electron chi connectivity index (χ2n) is 8.34. The number of carbonyl (C=O) groups is 2. The van der Waals surface area contributed by atoms with Gasteiger partial charge in [0.15, 0.2) is 0 Å². The molecule has 0 heterocycles. The van der Waals surface area contributed by atoms with E-state index in [9.17, 15) is 18.0 Å². The third-order valence-corrected chi connectivity index (χ3v) is 6.69. The first-order valence-electron chi connectivity index (χ1n) is 12.0. The summed E-state index contributed by atoms with van der Waals surface area (Å²) in [4.78, 5) is 27.4. The molecule has 9 heteroatoms. The number of hydrogen-bond donors (Lipinski definition) is 1. The van der Waals surface area contributed by atoms with E-state index >= 15 is 0 Å². The van der Waals surface area contributed by atoms with Crippen LogP contribution in [0.1, 0.15) is 45.6 Å². The van der Waals surface area contributed by atoms with E-state index < -0.39 is 16.1 Å². The molecule has 35 heavy (non-hydrogen) atoms. The molecule has 0 aliphatic heterocycles. The maximum absolute atomic E-state index is 13.2. The molecule has 0 saturated carbocycles. The van der Waals surface area contributed by atoms with Crippen LogP contribution in [0.25, 0.3) is 0 Å². The van der Waals surface area contributed by atoms with Crippen molar-refractivity contribution in [1.82, 2.24) is 10.2 Å². The van der Waals surface area contributed by atoms with Crippen LogP contribution in [0, 0.1) is 0 Å². The standard InChI is InChI=1S/C26H37N3O5S/c1-5-18-27-26(31)21(3)28(20-22-11-8-7-9-12-22)25(30)13-10-19-29(35(4,32)33)23-14-16-24(17-15-23)34-6-2/h7-9,11-12,14-17,21H,5-6,10,13,18-20H2,1-4H3,(H,27,31)/t21-/m1/s1. The number of rotatable bonds is 14. The number of anilines is 1. The van der Waals surface area contributed by atoms with E-state index in [0.29, 0.717) is 37.6 Å². The molecule has 2 rings (SSSR count). The highest BCUT2D eigenvalue weighted by Crippen LogP contribution is 2.22. The summed E-state index contributed by atoms with van der Waals surface area (Å²) in [5.41, 5.74) is 1.43. The van der Waals surface area contributed by atoms with Gasteiger partial charge in [-0.1, -0.05) is 37.3 Å². The second-order valence-corrected chi connectivity index (χ2v) is 10.2. The molecule has 0 radical (unpaired) electrons. The van der Waals surface area contributed by atoms with Gasteiger partial charge in [0.25, 0.3) is 0 Å². The summed E-state index contributed by atoms with van der Waals surface area (Å²) in [7, 11) is -3.55. The minimum Gasteiger partial charge on any atom is -0.494 e. The molecule has 0 aliphatic carbocycles. The van der Waals surface area contributed by atoms with Crippen molar-refractivity contribution >= 4 is 27.5 Å². The fourth-order valence-electron chi connectivity index (χ4n) is 3.64. The zero-order chi connectivity index (χ0) is 25.8. The lowest BCUT2D eigenvalue weighted by Crippen LogP contribution is -2.47. The zero-order valence-corrected chi connectivity index (χ0v) is 21.9. The molecule has 2 aromatic carbocycles. The van der Waals surface area contributed by atoms with E-state index in [-0.39, 0.29) is 24.8 Å². The van der Waals surface area contributed by atoms with Crippen molar-refractivity contribution in [2.45, 2.75) is 52.6 Å². The van der Waals surface area contributed by atoms with Crippen LogP contribution in [0.3, 0.4) is 0 Å². The van der Waals surface area contributed by atoms with Crippen LogP contribution in [0.2, 0.25) is 0 Å². The van der Waals surface area contributed by atoms with Gasteiger partial charge in [-0.25, -0.2) is 8.42 Å². The molecule has 0 aliphatic rings. The van der Waals surface area contributed by atoms with Crippen molar-refractivity contribution in [2.24, 2.45) is 0 Å². The summed E-state index contributed by atoms with van der Waals surface area (Å²) >= 11 is 0. The van der Waals surface area contributed by atoms with Gasteiger partial charge in [0.1, 0.15) is 11.8 Å². The number of amides is 2. The fraction of sp³-hybridized carbons (Fsp3) is 0.462. The summed E-state index contributed by atoms with van der Waals surface area (Å²) in [5.74, 6) is 0.253. The lowest BCUT2D eigenvalue weighted by molar-refractivity contribution is -0.140. The summed E-state index contributed by atoms with van der Waals surface area (Å²) in [6.45, 7) is 7.07. The van der Waals surface area contributed by atoms with Crippen LogP contribution < -0.4 is 14.4 Å². The average molecular weight is 504 g/mol. The van der Waals surface area contributed by atoms with E-state index in [4.69, 9.17) is 4.74 Å². The summed E-state index contributed by atoms with van der Waals surface area (Å²) in [6, 6.07) is 15.7. The van der Waals surface area contributed by atoms with Crippen LogP contribution in [0.15, 0.2) is 54.6 Å². The van der Waals surface area contributed by atoms with Crippen LogP contribution in [0.4, 0.5) is 5.69 Å². The molecule has 192 valence electrons. The Morgan fingerprint density at radius 1 is 1.03 bits per heavy atom. The molecule has 1 atom stereocenters. The molecule has 8 nitrogen and oxygen atoms in total. The quantitative estimate of drug-likeness (QED) is 0.425. The predicted molar refractivity (Wildman–Crippen MR) is 139 cm³/mol. The van der Waals surface area contributed by atoms with Gasteiger partial charge in [0.05, 0.1) is 18.6 Å². The number of benzene rings is 2. The Bertz CT molecular complexity index is 1040. The normalized spacial score (nSPS) is 12.0. The van der Waals surface area contributed by atoms with Crippen LogP contribution in [-0.4, -0.2) is 57.1 Å². The van der Waals surface area contributed by atoms with E-state index in [1.165, 1.54) is 4.31 Å². The Morgan fingerprint density at radius 3 is 2.26 bits per heavy atom. The predicted octanol–water partition coefficient (Wildman–Crippen LogP) is 3.58. The van der Waals surface area contributed by atoms with Gasteiger partial charge in [0, 0.05) is 26.1 Å². The first kappa shape index (κ1) is 28.2. The van der Waals surface area contributed by atoms with Crippen molar-refractivity contribution in [1.29, 1.82) is 0 Å². The van der Waals surface area contributed by atoms with E-state index in [2.05, 4.69) is 5.32 Å². The van der Waals surface area contributed by atoms with E-state index in [1.54, 1.807) is 36.1 Å². The van der Waals surface area contributed by atoms with Crippen LogP contribution >= 0.6 is 0 Å². The number of hydrogen-bond acceptors (Lipinski definition) is 5. The molecule has 0 spiro atoms. The minimum atomic E-state index is -3.55. The Labute approximate surface area is 209 Å². The molecule has 0 saturated heterocycles. The summed E-state index contributed by atoms with van der Waals surface area (Å²) in [5, 5.41) is 2.85. The van der Waals surface area contributed by atoms with Crippen molar-refractivity contribution in [2.75, 3.05) is 30.3 Å². The number of nitrogens with one attached hydrogen (secondary N) is 1. The van der Waals surface area contributed by atoms with E-state index in [0.717, 1.165) is 18.2 Å². The van der Waals surface area contributed by atoms with Crippen LogP contribution in [-0.2, 0) is 26.2 Å². The lowest BCUT2D eigenvalue weighted by atomic mass is 10.1. The number of nitrogens with zero attached hydrogens (tertiary/aromatic N) is 2. The molecular formula is C26H37N3O5S. The minimum absolute atomic E-state index is 0.112. The molecule has 0 unspecified atom stereocenters. The van der Waals surface area contributed by atoms with Gasteiger partial charge in [-0.3, -0.25) is 13.9 Å². The van der Waals surface area contributed by atoms with E-state index in [1.807, 2.05) is 44.2 Å². The monoisotopic (exact) mass is 503 g/mol. The van der Waals surface area contributed by atoms with Crippen molar-refractivity contribution < 1.29 is 22.7 Å². The molecule has 2 amide bonds. The molecule has 0 bridgehead atoms. The molecule has 0 fully saturated rings. The Hall–Kier alpha value is -3.07. The Morgan fingerprint density at radius 2 is 1.69 bits per heavy atom. The molecule has 0 aromatic heterocycles. The van der Waals surface area contributed by atoms with Gasteiger partial charge < -0.3 is 15.0 Å². The van der Waals surface area contributed by atoms with Gasteiger partial charge in [0.2, 0.25) is 21.8 Å². The average Bonchev–Trinajstić information content (AvgIpc) is 2.84. The van der Waals surface area contributed by atoms with Gasteiger partial charge in [-0.2, -0.15) is 0 Å². The highest BCUT2D eigenvalue weighted by Gasteiger charge is 2.26. The first-order valence-corrected chi connectivity index (χ1v) is 13.8. The van der Waals surface area contributed by atoms with Crippen molar-refractivity contribution in [3.8, 4) is 5.75 Å². The topological polar surface area (TPSA) is 96.0 Å². The smallest absolute Gasteiger partial charge is 0.242 e. The maximum Gasteiger partial charge on any atom is 0.242 e.